The predicted octanol–water partition coefficient (Wildman–Crippen LogP) is 2.24. The third kappa shape index (κ3) is 4.43. The van der Waals surface area contributed by atoms with Crippen LogP contribution in [0.5, 0.6) is 0 Å². The number of nitrogens with zero attached hydrogens (tertiary/aromatic N) is 3. The Kier molecular flexibility index (Phi) is 5.72. The minimum absolute atomic E-state index is 0.115. The third-order valence-corrected chi connectivity index (χ3v) is 6.68. The molecule has 0 spiro atoms. The molecule has 0 radical (unpaired) electrons. The number of pyridine rings is 1. The first-order valence-corrected chi connectivity index (χ1v) is 10.3. The van der Waals surface area contributed by atoms with Crippen molar-refractivity contribution < 1.29 is 13.2 Å². The van der Waals surface area contributed by atoms with Gasteiger partial charge in [0.1, 0.15) is 0 Å². The van der Waals surface area contributed by atoms with Crippen molar-refractivity contribution in [1.29, 1.82) is 0 Å². The van der Waals surface area contributed by atoms with E-state index in [0.717, 1.165) is 16.7 Å². The number of hydrogen-bond donors (Lipinski definition) is 0. The SMILES string of the molecule is Cc1ccc(C)c(S(=O)(=O)N2CCN(C(=O)/C=C/c3ccncc3)CC2)c1. The van der Waals surface area contributed by atoms with Crippen molar-refractivity contribution in [3.05, 3.63) is 65.5 Å². The molecule has 1 saturated heterocycles. The number of aromatic nitrogens is 1. The first-order valence-electron chi connectivity index (χ1n) is 8.82. The Labute approximate surface area is 160 Å². The van der Waals surface area contributed by atoms with E-state index in [0.29, 0.717) is 31.1 Å². The van der Waals surface area contributed by atoms with Crippen LogP contribution in [-0.4, -0.2) is 54.7 Å². The molecule has 0 bridgehead atoms. The average Bonchev–Trinajstić information content (AvgIpc) is 2.68. The normalized spacial score (nSPS) is 16.0. The molecule has 1 aromatic heterocycles. The van der Waals surface area contributed by atoms with Crippen LogP contribution in [0.1, 0.15) is 16.7 Å². The lowest BCUT2D eigenvalue weighted by Gasteiger charge is -2.33. The lowest BCUT2D eigenvalue weighted by atomic mass is 10.2. The zero-order valence-electron chi connectivity index (χ0n) is 15.5. The molecule has 0 unspecified atom stereocenters. The van der Waals surface area contributed by atoms with Gasteiger partial charge in [-0.25, -0.2) is 8.42 Å². The van der Waals surface area contributed by atoms with Gasteiger partial charge in [-0.15, -0.1) is 0 Å². The fraction of sp³-hybridized carbons (Fsp3) is 0.300. The maximum absolute atomic E-state index is 13.0. The summed E-state index contributed by atoms with van der Waals surface area (Å²) in [5.74, 6) is -0.115. The number of rotatable bonds is 4. The predicted molar refractivity (Wildman–Crippen MR) is 105 cm³/mol. The van der Waals surface area contributed by atoms with Crippen LogP contribution in [0.15, 0.2) is 53.7 Å². The molecule has 1 amide bonds. The number of piperazine rings is 1. The molecule has 142 valence electrons. The molecular weight excluding hydrogens is 362 g/mol. The Hall–Kier alpha value is -2.51. The Morgan fingerprint density at radius 2 is 1.70 bits per heavy atom. The molecule has 1 fully saturated rings. The zero-order chi connectivity index (χ0) is 19.4. The summed E-state index contributed by atoms with van der Waals surface area (Å²) in [6.45, 7) is 5.03. The Balaban J connectivity index is 1.65. The minimum atomic E-state index is -3.55. The highest BCUT2D eigenvalue weighted by Gasteiger charge is 2.30. The number of sulfonamides is 1. The first-order chi connectivity index (χ1) is 12.9. The standard InChI is InChI=1S/C20H23N3O3S/c1-16-3-4-17(2)19(15-16)27(25,26)23-13-11-22(12-14-23)20(24)6-5-18-7-9-21-10-8-18/h3-10,15H,11-14H2,1-2H3/b6-5+. The summed E-state index contributed by atoms with van der Waals surface area (Å²) >= 11 is 0. The minimum Gasteiger partial charge on any atom is -0.337 e. The number of aryl methyl sites for hydroxylation is 2. The number of benzene rings is 1. The topological polar surface area (TPSA) is 70.6 Å². The number of carbonyl (C=O) groups excluding carboxylic acids is 1. The van der Waals surface area contributed by atoms with Crippen LogP contribution in [0.4, 0.5) is 0 Å². The van der Waals surface area contributed by atoms with E-state index in [1.165, 1.54) is 10.4 Å². The van der Waals surface area contributed by atoms with Crippen LogP contribution in [0.2, 0.25) is 0 Å². The molecule has 0 aliphatic carbocycles. The molecule has 1 aromatic carbocycles. The summed E-state index contributed by atoms with van der Waals surface area (Å²) in [7, 11) is -3.55. The van der Waals surface area contributed by atoms with Crippen molar-refractivity contribution in [2.45, 2.75) is 18.7 Å². The Morgan fingerprint density at radius 3 is 2.37 bits per heavy atom. The first kappa shape index (κ1) is 19.3. The smallest absolute Gasteiger partial charge is 0.246 e. The van der Waals surface area contributed by atoms with Crippen LogP contribution in [0.3, 0.4) is 0 Å². The molecule has 2 aromatic rings. The molecule has 27 heavy (non-hydrogen) atoms. The quantitative estimate of drug-likeness (QED) is 0.757. The van der Waals surface area contributed by atoms with Crippen molar-refractivity contribution in [3.63, 3.8) is 0 Å². The van der Waals surface area contributed by atoms with Gasteiger partial charge in [-0.1, -0.05) is 12.1 Å². The largest absolute Gasteiger partial charge is 0.337 e. The van der Waals surface area contributed by atoms with Crippen LogP contribution in [0, 0.1) is 13.8 Å². The van der Waals surface area contributed by atoms with Crippen LogP contribution in [0.25, 0.3) is 6.08 Å². The number of carbonyl (C=O) groups is 1. The van der Waals surface area contributed by atoms with Crippen molar-refractivity contribution in [1.82, 2.24) is 14.2 Å². The molecule has 0 N–H and O–H groups in total. The second-order valence-electron chi connectivity index (χ2n) is 6.61. The van der Waals surface area contributed by atoms with Crippen molar-refractivity contribution in [3.8, 4) is 0 Å². The molecular formula is C20H23N3O3S. The summed E-state index contributed by atoms with van der Waals surface area (Å²) < 4.78 is 27.4. The van der Waals surface area contributed by atoms with E-state index in [1.54, 1.807) is 36.4 Å². The highest BCUT2D eigenvalue weighted by Crippen LogP contribution is 2.22. The second-order valence-corrected chi connectivity index (χ2v) is 8.52. The van der Waals surface area contributed by atoms with Crippen LogP contribution >= 0.6 is 0 Å². The summed E-state index contributed by atoms with van der Waals surface area (Å²) in [5.41, 5.74) is 2.54. The fourth-order valence-electron chi connectivity index (χ4n) is 3.02. The molecule has 7 heteroatoms. The fourth-order valence-corrected chi connectivity index (χ4v) is 4.75. The molecule has 0 atom stereocenters. The van der Waals surface area contributed by atoms with Crippen molar-refractivity contribution >= 4 is 22.0 Å². The van der Waals surface area contributed by atoms with Gasteiger partial charge in [-0.3, -0.25) is 9.78 Å². The van der Waals surface area contributed by atoms with Gasteiger partial charge >= 0.3 is 0 Å². The van der Waals surface area contributed by atoms with Crippen LogP contribution in [-0.2, 0) is 14.8 Å². The average molecular weight is 385 g/mol. The van der Waals surface area contributed by atoms with Gasteiger partial charge in [-0.05, 0) is 54.8 Å². The molecule has 0 saturated carbocycles. The third-order valence-electron chi connectivity index (χ3n) is 4.64. The van der Waals surface area contributed by atoms with Gasteiger partial charge in [-0.2, -0.15) is 4.31 Å². The molecule has 2 heterocycles. The number of amides is 1. The van der Waals surface area contributed by atoms with Gasteiger partial charge in [0.15, 0.2) is 0 Å². The summed E-state index contributed by atoms with van der Waals surface area (Å²) in [6.07, 6.45) is 6.59. The van der Waals surface area contributed by atoms with Gasteiger partial charge < -0.3 is 4.90 Å². The van der Waals surface area contributed by atoms with E-state index >= 15 is 0 Å². The summed E-state index contributed by atoms with van der Waals surface area (Å²) in [4.78, 5) is 18.3. The van der Waals surface area contributed by atoms with Gasteiger partial charge in [0.25, 0.3) is 0 Å². The van der Waals surface area contributed by atoms with E-state index in [1.807, 2.05) is 31.2 Å². The highest BCUT2D eigenvalue weighted by molar-refractivity contribution is 7.89. The maximum atomic E-state index is 13.0. The van der Waals surface area contributed by atoms with E-state index < -0.39 is 10.0 Å². The van der Waals surface area contributed by atoms with Crippen molar-refractivity contribution in [2.24, 2.45) is 0 Å². The van der Waals surface area contributed by atoms with E-state index in [2.05, 4.69) is 4.98 Å². The molecule has 1 aliphatic heterocycles. The van der Waals surface area contributed by atoms with E-state index in [9.17, 15) is 13.2 Å². The maximum Gasteiger partial charge on any atom is 0.246 e. The molecule has 1 aliphatic rings. The van der Waals surface area contributed by atoms with E-state index in [-0.39, 0.29) is 5.91 Å². The summed E-state index contributed by atoms with van der Waals surface area (Å²) in [5, 5.41) is 0. The van der Waals surface area contributed by atoms with Gasteiger partial charge in [0.05, 0.1) is 4.90 Å². The Morgan fingerprint density at radius 1 is 1.04 bits per heavy atom. The molecule has 6 nitrogen and oxygen atoms in total. The Bertz CT molecular complexity index is 948. The van der Waals surface area contributed by atoms with E-state index in [4.69, 9.17) is 0 Å². The molecule has 3 rings (SSSR count). The summed E-state index contributed by atoms with van der Waals surface area (Å²) in [6, 6.07) is 9.07. The highest BCUT2D eigenvalue weighted by atomic mass is 32.2. The second kappa shape index (κ2) is 8.02. The lowest BCUT2D eigenvalue weighted by Crippen LogP contribution is -2.50. The zero-order valence-corrected chi connectivity index (χ0v) is 16.3. The van der Waals surface area contributed by atoms with Crippen LogP contribution < -0.4 is 0 Å². The number of hydrogen-bond acceptors (Lipinski definition) is 4. The van der Waals surface area contributed by atoms with Gasteiger partial charge in [0.2, 0.25) is 15.9 Å². The lowest BCUT2D eigenvalue weighted by molar-refractivity contribution is -0.127. The van der Waals surface area contributed by atoms with Gasteiger partial charge in [0, 0.05) is 44.6 Å². The monoisotopic (exact) mass is 385 g/mol. The van der Waals surface area contributed by atoms with Crippen molar-refractivity contribution in [2.75, 3.05) is 26.2 Å².